The minimum Gasteiger partial charge on any atom is -0.493 e. The Hall–Kier alpha value is -4.65. The molecular weight excluding hydrogens is 482 g/mol. The fourth-order valence-corrected chi connectivity index (χ4v) is 4.95. The number of carbonyl (C=O) groups is 1. The average Bonchev–Trinajstić information content (AvgIpc) is 3.33. The van der Waals surface area contributed by atoms with Crippen LogP contribution in [-0.2, 0) is 6.42 Å². The van der Waals surface area contributed by atoms with Crippen molar-refractivity contribution in [2.75, 3.05) is 27.9 Å². The molecule has 0 unspecified atom stereocenters. The molecule has 38 heavy (non-hydrogen) atoms. The number of nitrogens with one attached hydrogen (secondary N) is 1. The quantitative estimate of drug-likeness (QED) is 0.202. The van der Waals surface area contributed by atoms with Crippen LogP contribution in [0.1, 0.15) is 22.5 Å². The number of rotatable bonds is 10. The highest BCUT2D eigenvalue weighted by atomic mass is 16.5. The van der Waals surface area contributed by atoms with Crippen molar-refractivity contribution in [3.05, 3.63) is 84.1 Å². The predicted molar refractivity (Wildman–Crippen MR) is 148 cm³/mol. The summed E-state index contributed by atoms with van der Waals surface area (Å²) in [6.07, 6.45) is 1.20. The third-order valence-corrected chi connectivity index (χ3v) is 6.71. The minimum absolute atomic E-state index is 0.185. The molecule has 5 rings (SSSR count). The molecule has 7 heteroatoms. The van der Waals surface area contributed by atoms with E-state index < -0.39 is 5.97 Å². The molecule has 0 aliphatic carbocycles. The van der Waals surface area contributed by atoms with Crippen molar-refractivity contribution in [1.82, 2.24) is 4.98 Å². The summed E-state index contributed by atoms with van der Waals surface area (Å²) in [6.45, 7) is 0.465. The van der Waals surface area contributed by atoms with E-state index in [1.807, 2.05) is 60.7 Å². The molecule has 0 aliphatic rings. The van der Waals surface area contributed by atoms with E-state index in [1.54, 1.807) is 21.3 Å². The van der Waals surface area contributed by atoms with E-state index in [0.29, 0.717) is 36.7 Å². The predicted octanol–water partition coefficient (Wildman–Crippen LogP) is 6.72. The number of hydrogen-bond acceptors (Lipinski definition) is 5. The highest BCUT2D eigenvalue weighted by molar-refractivity contribution is 6.03. The molecule has 194 valence electrons. The van der Waals surface area contributed by atoms with Crippen molar-refractivity contribution >= 4 is 27.6 Å². The van der Waals surface area contributed by atoms with Crippen LogP contribution in [0.25, 0.3) is 32.8 Å². The zero-order chi connectivity index (χ0) is 26.6. The lowest BCUT2D eigenvalue weighted by molar-refractivity contribution is 0.0690. The van der Waals surface area contributed by atoms with Gasteiger partial charge in [0.1, 0.15) is 11.4 Å². The Morgan fingerprint density at radius 2 is 1.50 bits per heavy atom. The van der Waals surface area contributed by atoms with Crippen molar-refractivity contribution in [2.24, 2.45) is 0 Å². The normalized spacial score (nSPS) is 11.0. The number of benzene rings is 4. The van der Waals surface area contributed by atoms with E-state index in [0.717, 1.165) is 44.1 Å². The molecule has 0 aliphatic heterocycles. The first-order chi connectivity index (χ1) is 18.5. The number of aryl methyl sites for hydroxylation is 1. The van der Waals surface area contributed by atoms with Gasteiger partial charge in [0.25, 0.3) is 0 Å². The number of methoxy groups -OCH3 is 3. The zero-order valence-corrected chi connectivity index (χ0v) is 21.5. The maximum Gasteiger partial charge on any atom is 0.352 e. The lowest BCUT2D eigenvalue weighted by atomic mass is 9.99. The highest BCUT2D eigenvalue weighted by Gasteiger charge is 2.21. The summed E-state index contributed by atoms with van der Waals surface area (Å²) < 4.78 is 22.6. The number of H-pyrrole nitrogens is 1. The zero-order valence-electron chi connectivity index (χ0n) is 21.5. The number of aromatic nitrogens is 1. The topological polar surface area (TPSA) is 90.0 Å². The second kappa shape index (κ2) is 10.8. The first-order valence-electron chi connectivity index (χ1n) is 12.3. The second-order valence-electron chi connectivity index (χ2n) is 8.86. The van der Waals surface area contributed by atoms with Gasteiger partial charge in [-0.1, -0.05) is 54.6 Å². The van der Waals surface area contributed by atoms with Gasteiger partial charge in [-0.15, -0.1) is 0 Å². The smallest absolute Gasteiger partial charge is 0.352 e. The maximum atomic E-state index is 12.2. The van der Waals surface area contributed by atoms with Gasteiger partial charge >= 0.3 is 5.97 Å². The Bertz CT molecular complexity index is 1590. The SMILES string of the molecule is COc1cc(-c2cccc3c(CCCOc4cccc5ccccc45)c(C(=O)O)[nH]c23)cc(OC)c1OC. The van der Waals surface area contributed by atoms with E-state index in [2.05, 4.69) is 17.1 Å². The Balaban J connectivity index is 1.46. The molecule has 2 N–H and O–H groups in total. The van der Waals surface area contributed by atoms with Crippen LogP contribution in [0.4, 0.5) is 0 Å². The third kappa shape index (κ3) is 4.59. The van der Waals surface area contributed by atoms with Gasteiger partial charge in [0.15, 0.2) is 11.5 Å². The molecule has 0 saturated heterocycles. The number of carboxylic acids is 1. The van der Waals surface area contributed by atoms with Gasteiger partial charge in [-0.3, -0.25) is 0 Å². The molecule has 5 aromatic rings. The van der Waals surface area contributed by atoms with Gasteiger partial charge in [0.2, 0.25) is 5.75 Å². The molecule has 0 amide bonds. The Labute approximate surface area is 220 Å². The summed E-state index contributed by atoms with van der Waals surface area (Å²) in [7, 11) is 4.69. The first-order valence-corrected chi connectivity index (χ1v) is 12.3. The van der Waals surface area contributed by atoms with Crippen LogP contribution in [0.2, 0.25) is 0 Å². The Morgan fingerprint density at radius 3 is 2.21 bits per heavy atom. The van der Waals surface area contributed by atoms with Crippen molar-refractivity contribution in [2.45, 2.75) is 12.8 Å². The van der Waals surface area contributed by atoms with E-state index in [4.69, 9.17) is 18.9 Å². The monoisotopic (exact) mass is 511 g/mol. The number of para-hydroxylation sites is 1. The molecule has 0 radical (unpaired) electrons. The fourth-order valence-electron chi connectivity index (χ4n) is 4.95. The summed E-state index contributed by atoms with van der Waals surface area (Å²) in [5, 5.41) is 13.0. The second-order valence-corrected chi connectivity index (χ2v) is 8.86. The van der Waals surface area contributed by atoms with Crippen LogP contribution in [0.15, 0.2) is 72.8 Å². The molecule has 1 heterocycles. The van der Waals surface area contributed by atoms with Gasteiger partial charge < -0.3 is 29.0 Å². The van der Waals surface area contributed by atoms with Gasteiger partial charge in [-0.2, -0.15) is 0 Å². The molecule has 1 aromatic heterocycles. The fraction of sp³-hybridized carbons (Fsp3) is 0.194. The first kappa shape index (κ1) is 25.0. The molecule has 0 fully saturated rings. The van der Waals surface area contributed by atoms with Crippen molar-refractivity contribution in [1.29, 1.82) is 0 Å². The highest BCUT2D eigenvalue weighted by Crippen LogP contribution is 2.43. The number of carboxylic acid groups (broad SMARTS) is 1. The van der Waals surface area contributed by atoms with E-state index >= 15 is 0 Å². The van der Waals surface area contributed by atoms with Gasteiger partial charge in [-0.05, 0) is 47.6 Å². The number of ether oxygens (including phenoxy) is 4. The number of aromatic carboxylic acids is 1. The van der Waals surface area contributed by atoms with E-state index in [1.165, 1.54) is 0 Å². The summed E-state index contributed by atoms with van der Waals surface area (Å²) in [5.41, 5.74) is 3.33. The number of hydrogen-bond donors (Lipinski definition) is 2. The summed E-state index contributed by atoms with van der Waals surface area (Å²) in [4.78, 5) is 15.4. The van der Waals surface area contributed by atoms with Crippen LogP contribution in [0.5, 0.6) is 23.0 Å². The largest absolute Gasteiger partial charge is 0.493 e. The van der Waals surface area contributed by atoms with Crippen LogP contribution >= 0.6 is 0 Å². The van der Waals surface area contributed by atoms with Gasteiger partial charge in [0.05, 0.1) is 33.5 Å². The van der Waals surface area contributed by atoms with Crippen molar-refractivity contribution in [3.8, 4) is 34.1 Å². The molecule has 4 aromatic carbocycles. The molecule has 0 saturated carbocycles. The lowest BCUT2D eigenvalue weighted by Crippen LogP contribution is -2.04. The van der Waals surface area contributed by atoms with Crippen LogP contribution in [-0.4, -0.2) is 44.0 Å². The van der Waals surface area contributed by atoms with Crippen LogP contribution in [0, 0.1) is 0 Å². The van der Waals surface area contributed by atoms with Crippen LogP contribution in [0.3, 0.4) is 0 Å². The standard InChI is InChI=1S/C31H29NO6/c1-35-26-17-20(18-27(36-2)30(26)37-3)22-12-7-13-23-24(29(31(33)34)32-28(22)23)14-8-16-38-25-15-6-10-19-9-4-5-11-21(19)25/h4-7,9-13,15,17-18,32H,8,14,16H2,1-3H3,(H,33,34). The summed E-state index contributed by atoms with van der Waals surface area (Å²) >= 11 is 0. The third-order valence-electron chi connectivity index (χ3n) is 6.71. The Morgan fingerprint density at radius 1 is 0.816 bits per heavy atom. The number of fused-ring (bicyclic) bond motifs is 2. The molecular formula is C31H29NO6. The average molecular weight is 512 g/mol. The molecule has 0 spiro atoms. The van der Waals surface area contributed by atoms with E-state index in [9.17, 15) is 9.90 Å². The van der Waals surface area contributed by atoms with Crippen LogP contribution < -0.4 is 18.9 Å². The summed E-state index contributed by atoms with van der Waals surface area (Å²) in [5.74, 6) is 1.37. The molecule has 0 bridgehead atoms. The maximum absolute atomic E-state index is 12.2. The number of aromatic amines is 1. The summed E-state index contributed by atoms with van der Waals surface area (Å²) in [6, 6.07) is 23.6. The van der Waals surface area contributed by atoms with Gasteiger partial charge in [0, 0.05) is 16.3 Å². The lowest BCUT2D eigenvalue weighted by Gasteiger charge is -2.14. The minimum atomic E-state index is -0.998. The van der Waals surface area contributed by atoms with Crippen molar-refractivity contribution in [3.63, 3.8) is 0 Å². The van der Waals surface area contributed by atoms with Crippen molar-refractivity contribution < 1.29 is 28.8 Å². The Kier molecular flexibility index (Phi) is 7.09. The van der Waals surface area contributed by atoms with E-state index in [-0.39, 0.29) is 5.69 Å². The van der Waals surface area contributed by atoms with Gasteiger partial charge in [-0.25, -0.2) is 4.79 Å². The molecule has 0 atom stereocenters. The molecule has 7 nitrogen and oxygen atoms in total.